The lowest BCUT2D eigenvalue weighted by molar-refractivity contribution is 1.18. The van der Waals surface area contributed by atoms with Gasteiger partial charge in [0.2, 0.25) is 0 Å². The fraction of sp³-hybridized carbons (Fsp3) is 0.0189. The Bertz CT molecular complexity index is 3080. The second-order valence-corrected chi connectivity index (χ2v) is 14.6. The molecule has 0 N–H and O–H groups in total. The van der Waals surface area contributed by atoms with Crippen molar-refractivity contribution in [2.75, 3.05) is 0 Å². The van der Waals surface area contributed by atoms with E-state index in [2.05, 4.69) is 206 Å². The molecule has 11 rings (SSSR count). The highest BCUT2D eigenvalue weighted by molar-refractivity contribution is 6.15. The van der Waals surface area contributed by atoms with Crippen LogP contribution in [0.3, 0.4) is 0 Å². The summed E-state index contributed by atoms with van der Waals surface area (Å²) in [5, 5.41) is 12.7. The molecule has 0 saturated heterocycles. The largest absolute Gasteiger partial charge is 0.309 e. The second-order valence-electron chi connectivity index (χ2n) is 14.6. The molecule has 0 aliphatic heterocycles. The molecule has 1 heterocycles. The van der Waals surface area contributed by atoms with Gasteiger partial charge in [-0.2, -0.15) is 0 Å². The molecule has 0 saturated carbocycles. The van der Waals surface area contributed by atoms with Crippen LogP contribution in [-0.2, 0) is 0 Å². The highest BCUT2D eigenvalue weighted by Gasteiger charge is 2.17. The van der Waals surface area contributed by atoms with Crippen molar-refractivity contribution in [2.24, 2.45) is 0 Å². The fourth-order valence-electron chi connectivity index (χ4n) is 8.83. The third-order valence-corrected chi connectivity index (χ3v) is 11.5. The van der Waals surface area contributed by atoms with Crippen LogP contribution >= 0.6 is 0 Å². The SMILES string of the molecule is Cc1c2ccccc2c(-c2ccc(-n3c4ccc(-c5ccc6ccccc6c5)cc4c4cc(-c5ccc6ccccc6c5)ccc43)cc2)c2ccccc12. The molecule has 0 bridgehead atoms. The normalized spacial score (nSPS) is 11.8. The van der Waals surface area contributed by atoms with Crippen molar-refractivity contribution >= 4 is 64.9 Å². The van der Waals surface area contributed by atoms with Gasteiger partial charge in [0.25, 0.3) is 0 Å². The molecule has 252 valence electrons. The van der Waals surface area contributed by atoms with Crippen LogP contribution < -0.4 is 0 Å². The third kappa shape index (κ3) is 4.79. The van der Waals surface area contributed by atoms with Crippen LogP contribution in [0.25, 0.3) is 104 Å². The highest BCUT2D eigenvalue weighted by atomic mass is 15.0. The Morgan fingerprint density at radius 1 is 0.296 bits per heavy atom. The summed E-state index contributed by atoms with van der Waals surface area (Å²) in [6, 6.07) is 71.6. The van der Waals surface area contributed by atoms with Crippen LogP contribution in [0.15, 0.2) is 194 Å². The van der Waals surface area contributed by atoms with E-state index >= 15 is 0 Å². The minimum atomic E-state index is 1.15. The smallest absolute Gasteiger partial charge is 0.0541 e. The second kappa shape index (κ2) is 12.0. The maximum Gasteiger partial charge on any atom is 0.0541 e. The molecule has 10 aromatic carbocycles. The summed E-state index contributed by atoms with van der Waals surface area (Å²) in [5.41, 5.74) is 12.3. The summed E-state index contributed by atoms with van der Waals surface area (Å²) in [7, 11) is 0. The van der Waals surface area contributed by atoms with Crippen LogP contribution in [0.2, 0.25) is 0 Å². The van der Waals surface area contributed by atoms with Crippen molar-refractivity contribution < 1.29 is 0 Å². The van der Waals surface area contributed by atoms with Gasteiger partial charge in [0.05, 0.1) is 11.0 Å². The predicted octanol–water partition coefficient (Wildman–Crippen LogP) is 14.7. The number of benzene rings is 10. The summed E-state index contributed by atoms with van der Waals surface area (Å²) in [6.07, 6.45) is 0. The van der Waals surface area contributed by atoms with Crippen molar-refractivity contribution in [1.82, 2.24) is 4.57 Å². The molecule has 0 amide bonds. The monoisotopic (exact) mass is 685 g/mol. The van der Waals surface area contributed by atoms with Crippen LogP contribution in [-0.4, -0.2) is 4.57 Å². The Morgan fingerprint density at radius 2 is 0.685 bits per heavy atom. The van der Waals surface area contributed by atoms with E-state index < -0.39 is 0 Å². The quantitative estimate of drug-likeness (QED) is 0.163. The molecule has 0 radical (unpaired) electrons. The Balaban J connectivity index is 1.11. The zero-order valence-corrected chi connectivity index (χ0v) is 29.9. The maximum absolute atomic E-state index is 2.44. The predicted molar refractivity (Wildman–Crippen MR) is 232 cm³/mol. The number of fused-ring (bicyclic) bond motifs is 7. The topological polar surface area (TPSA) is 4.93 Å². The zero-order valence-electron chi connectivity index (χ0n) is 29.9. The minimum Gasteiger partial charge on any atom is -0.309 e. The molecule has 0 aliphatic carbocycles. The number of aromatic nitrogens is 1. The summed E-state index contributed by atoms with van der Waals surface area (Å²) < 4.78 is 2.44. The Labute approximate surface area is 314 Å². The van der Waals surface area contributed by atoms with E-state index in [1.165, 1.54) is 104 Å². The van der Waals surface area contributed by atoms with E-state index in [0.29, 0.717) is 0 Å². The van der Waals surface area contributed by atoms with Gasteiger partial charge in [-0.05, 0) is 137 Å². The minimum absolute atomic E-state index is 1.15. The summed E-state index contributed by atoms with van der Waals surface area (Å²) in [5.74, 6) is 0. The number of aryl methyl sites for hydroxylation is 1. The molecule has 0 atom stereocenters. The number of rotatable bonds is 4. The van der Waals surface area contributed by atoms with Gasteiger partial charge in [0.1, 0.15) is 0 Å². The van der Waals surface area contributed by atoms with E-state index in [4.69, 9.17) is 0 Å². The molecular formula is C53H35N. The Hall–Kier alpha value is -6.96. The number of hydrogen-bond acceptors (Lipinski definition) is 0. The van der Waals surface area contributed by atoms with Crippen LogP contribution in [0.5, 0.6) is 0 Å². The lowest BCUT2D eigenvalue weighted by Gasteiger charge is -2.16. The van der Waals surface area contributed by atoms with Crippen molar-refractivity contribution in [2.45, 2.75) is 6.92 Å². The Kier molecular flexibility index (Phi) is 6.84. The summed E-state index contributed by atoms with van der Waals surface area (Å²) in [4.78, 5) is 0. The molecule has 54 heavy (non-hydrogen) atoms. The van der Waals surface area contributed by atoms with Crippen LogP contribution in [0.4, 0.5) is 0 Å². The van der Waals surface area contributed by atoms with Crippen molar-refractivity contribution in [3.63, 3.8) is 0 Å². The van der Waals surface area contributed by atoms with Crippen molar-refractivity contribution in [3.8, 4) is 39.1 Å². The van der Waals surface area contributed by atoms with Crippen molar-refractivity contribution in [1.29, 1.82) is 0 Å². The van der Waals surface area contributed by atoms with Gasteiger partial charge < -0.3 is 4.57 Å². The maximum atomic E-state index is 2.44. The first-order valence-electron chi connectivity index (χ1n) is 18.8. The fourth-order valence-corrected chi connectivity index (χ4v) is 8.83. The van der Waals surface area contributed by atoms with E-state index in [-0.39, 0.29) is 0 Å². The van der Waals surface area contributed by atoms with Gasteiger partial charge >= 0.3 is 0 Å². The molecule has 1 nitrogen and oxygen atoms in total. The van der Waals surface area contributed by atoms with Gasteiger partial charge in [-0.1, -0.05) is 146 Å². The first-order valence-corrected chi connectivity index (χ1v) is 18.8. The van der Waals surface area contributed by atoms with E-state index in [1.807, 2.05) is 0 Å². The average molecular weight is 686 g/mol. The standard InChI is InChI=1S/C53H35N/c1-34-45-14-6-8-16-47(45)53(48-17-9-7-15-46(34)48)37-22-26-44(27-23-37)54-51-28-24-42(40-20-18-35-10-2-4-12-38(35)30-40)32-49(51)50-33-43(25-29-52(50)54)41-21-19-36-11-3-5-13-39(36)31-41/h2-33H,1H3. The zero-order chi connectivity index (χ0) is 35.8. The van der Waals surface area contributed by atoms with Gasteiger partial charge in [-0.25, -0.2) is 0 Å². The molecule has 1 aromatic heterocycles. The molecule has 0 spiro atoms. The van der Waals surface area contributed by atoms with Gasteiger partial charge in [-0.15, -0.1) is 0 Å². The van der Waals surface area contributed by atoms with Gasteiger partial charge in [-0.3, -0.25) is 0 Å². The first kappa shape index (κ1) is 30.6. The third-order valence-electron chi connectivity index (χ3n) is 11.5. The lowest BCUT2D eigenvalue weighted by atomic mass is 9.89. The molecule has 1 heteroatoms. The molecule has 11 aromatic rings. The summed E-state index contributed by atoms with van der Waals surface area (Å²) in [6.45, 7) is 2.25. The van der Waals surface area contributed by atoms with Gasteiger partial charge in [0.15, 0.2) is 0 Å². The summed E-state index contributed by atoms with van der Waals surface area (Å²) >= 11 is 0. The molecular weight excluding hydrogens is 651 g/mol. The van der Waals surface area contributed by atoms with E-state index in [1.54, 1.807) is 0 Å². The van der Waals surface area contributed by atoms with Gasteiger partial charge in [0, 0.05) is 16.5 Å². The highest BCUT2D eigenvalue weighted by Crippen LogP contribution is 2.41. The Morgan fingerprint density at radius 3 is 1.19 bits per heavy atom. The average Bonchev–Trinajstić information content (AvgIpc) is 3.56. The first-order chi connectivity index (χ1) is 26.7. The van der Waals surface area contributed by atoms with Crippen molar-refractivity contribution in [3.05, 3.63) is 200 Å². The molecule has 0 fully saturated rings. The van der Waals surface area contributed by atoms with E-state index in [9.17, 15) is 0 Å². The van der Waals surface area contributed by atoms with Crippen LogP contribution in [0, 0.1) is 6.92 Å². The van der Waals surface area contributed by atoms with E-state index in [0.717, 1.165) is 5.69 Å². The molecule has 0 aliphatic rings. The molecule has 0 unspecified atom stereocenters. The number of nitrogens with zero attached hydrogens (tertiary/aromatic N) is 1. The number of hydrogen-bond donors (Lipinski definition) is 0. The van der Waals surface area contributed by atoms with Crippen LogP contribution in [0.1, 0.15) is 5.56 Å². The lowest BCUT2D eigenvalue weighted by Crippen LogP contribution is -1.95.